The molecule has 1 N–H and O–H groups in total. The van der Waals surface area contributed by atoms with Gasteiger partial charge in [-0.2, -0.15) is 0 Å². The summed E-state index contributed by atoms with van der Waals surface area (Å²) in [4.78, 5) is 19.2. The van der Waals surface area contributed by atoms with Crippen molar-refractivity contribution in [2.45, 2.75) is 12.0 Å². The van der Waals surface area contributed by atoms with Crippen LogP contribution in [0.15, 0.2) is 71.5 Å². The SMILES string of the molecule is Br.O=C(OCC1c2ccccc2-c2ccccc21)N1CCNCC1c1ccc(Br)nc1. The summed E-state index contributed by atoms with van der Waals surface area (Å²) in [7, 11) is 0. The van der Waals surface area contributed by atoms with Gasteiger partial charge in [0.25, 0.3) is 0 Å². The van der Waals surface area contributed by atoms with E-state index in [1.165, 1.54) is 22.3 Å². The summed E-state index contributed by atoms with van der Waals surface area (Å²) in [5, 5.41) is 3.37. The first-order valence-electron chi connectivity index (χ1n) is 10.2. The Morgan fingerprint density at radius 1 is 1.06 bits per heavy atom. The van der Waals surface area contributed by atoms with Gasteiger partial charge in [0.05, 0.1) is 6.04 Å². The van der Waals surface area contributed by atoms with Crippen LogP contribution in [-0.4, -0.2) is 42.2 Å². The second-order valence-electron chi connectivity index (χ2n) is 7.63. The number of nitrogens with one attached hydrogen (secondary N) is 1. The van der Waals surface area contributed by atoms with E-state index in [0.717, 1.165) is 16.7 Å². The Labute approximate surface area is 200 Å². The number of carbonyl (C=O) groups excluding carboxylic acids is 1. The zero-order valence-electron chi connectivity index (χ0n) is 16.8. The first kappa shape index (κ1) is 22.0. The minimum Gasteiger partial charge on any atom is -0.448 e. The zero-order valence-corrected chi connectivity index (χ0v) is 20.1. The molecule has 0 bridgehead atoms. The quantitative estimate of drug-likeness (QED) is 0.453. The minimum atomic E-state index is -0.272. The maximum Gasteiger partial charge on any atom is 0.410 e. The predicted octanol–water partition coefficient (Wildman–Crippen LogP) is 5.32. The van der Waals surface area contributed by atoms with Gasteiger partial charge in [-0.1, -0.05) is 54.6 Å². The highest BCUT2D eigenvalue weighted by Gasteiger charge is 2.32. The first-order chi connectivity index (χ1) is 14.7. The molecule has 31 heavy (non-hydrogen) atoms. The van der Waals surface area contributed by atoms with Crippen LogP contribution in [0.2, 0.25) is 0 Å². The molecule has 0 saturated carbocycles. The lowest BCUT2D eigenvalue weighted by molar-refractivity contribution is 0.0752. The van der Waals surface area contributed by atoms with E-state index < -0.39 is 0 Å². The number of piperazine rings is 1. The van der Waals surface area contributed by atoms with E-state index in [-0.39, 0.29) is 35.0 Å². The molecule has 1 fully saturated rings. The molecule has 7 heteroatoms. The van der Waals surface area contributed by atoms with Gasteiger partial charge in [-0.15, -0.1) is 17.0 Å². The van der Waals surface area contributed by atoms with Crippen LogP contribution in [0.5, 0.6) is 0 Å². The lowest BCUT2D eigenvalue weighted by Gasteiger charge is -2.35. The summed E-state index contributed by atoms with van der Waals surface area (Å²) in [6, 6.07) is 20.6. The van der Waals surface area contributed by atoms with Crippen LogP contribution in [0.4, 0.5) is 4.79 Å². The molecule has 2 aliphatic rings. The number of nitrogens with zero attached hydrogens (tertiary/aromatic N) is 2. The Hall–Kier alpha value is -2.22. The van der Waals surface area contributed by atoms with Gasteiger partial charge in [0.15, 0.2) is 0 Å². The number of ether oxygens (including phenoxy) is 1. The maximum atomic E-state index is 13.1. The van der Waals surface area contributed by atoms with Crippen LogP contribution < -0.4 is 5.32 Å². The maximum absolute atomic E-state index is 13.1. The van der Waals surface area contributed by atoms with Gasteiger partial charge in [0.2, 0.25) is 0 Å². The van der Waals surface area contributed by atoms with Gasteiger partial charge >= 0.3 is 6.09 Å². The Morgan fingerprint density at radius 3 is 2.39 bits per heavy atom. The van der Waals surface area contributed by atoms with E-state index in [1.54, 1.807) is 0 Å². The fourth-order valence-electron chi connectivity index (χ4n) is 4.48. The molecule has 1 amide bonds. The second kappa shape index (κ2) is 9.51. The Bertz CT molecular complexity index is 1030. The van der Waals surface area contributed by atoms with Crippen molar-refractivity contribution in [1.29, 1.82) is 0 Å². The third-order valence-electron chi connectivity index (χ3n) is 5.95. The lowest BCUT2D eigenvalue weighted by atomic mass is 9.98. The number of halogens is 2. The molecule has 0 radical (unpaired) electrons. The van der Waals surface area contributed by atoms with Crippen molar-refractivity contribution in [3.63, 3.8) is 0 Å². The zero-order chi connectivity index (χ0) is 20.5. The number of carbonyl (C=O) groups is 1. The molecular formula is C24H23Br2N3O2. The van der Waals surface area contributed by atoms with E-state index >= 15 is 0 Å². The Balaban J connectivity index is 0.00000231. The summed E-state index contributed by atoms with van der Waals surface area (Å²) in [5.41, 5.74) is 5.91. The normalized spacial score (nSPS) is 17.5. The van der Waals surface area contributed by atoms with Crippen LogP contribution in [-0.2, 0) is 4.74 Å². The molecule has 1 aromatic heterocycles. The summed E-state index contributed by atoms with van der Waals surface area (Å²) < 4.78 is 6.66. The number of benzene rings is 2. The van der Waals surface area contributed by atoms with Crippen molar-refractivity contribution >= 4 is 39.0 Å². The number of aromatic nitrogens is 1. The standard InChI is InChI=1S/C24H22BrN3O2.BrH/c25-23-10-9-16(13-27-23)22-14-26-11-12-28(22)24(29)30-15-21-19-7-3-1-5-17(19)18-6-2-4-8-20(18)21;/h1-10,13,21-22,26H,11-12,14-15H2;1H. The molecule has 1 saturated heterocycles. The Kier molecular flexibility index (Phi) is 6.74. The van der Waals surface area contributed by atoms with Crippen molar-refractivity contribution < 1.29 is 9.53 Å². The second-order valence-corrected chi connectivity index (χ2v) is 8.44. The van der Waals surface area contributed by atoms with Crippen LogP contribution in [0.3, 0.4) is 0 Å². The van der Waals surface area contributed by atoms with Gasteiger partial charge in [-0.3, -0.25) is 4.90 Å². The molecular weight excluding hydrogens is 522 g/mol. The molecule has 5 rings (SSSR count). The van der Waals surface area contributed by atoms with Gasteiger partial charge in [-0.05, 0) is 49.8 Å². The monoisotopic (exact) mass is 543 g/mol. The van der Waals surface area contributed by atoms with Crippen LogP contribution in [0.1, 0.15) is 28.7 Å². The summed E-state index contributed by atoms with van der Waals surface area (Å²) in [5.74, 6) is 0.0667. The van der Waals surface area contributed by atoms with E-state index in [9.17, 15) is 4.79 Å². The first-order valence-corrected chi connectivity index (χ1v) is 11.0. The van der Waals surface area contributed by atoms with Crippen LogP contribution >= 0.6 is 32.9 Å². The number of rotatable bonds is 3. The topological polar surface area (TPSA) is 54.5 Å². The van der Waals surface area contributed by atoms with Crippen molar-refractivity contribution in [3.8, 4) is 11.1 Å². The fourth-order valence-corrected chi connectivity index (χ4v) is 4.72. The van der Waals surface area contributed by atoms with Gasteiger partial charge < -0.3 is 10.1 Å². The predicted molar refractivity (Wildman–Crippen MR) is 130 cm³/mol. The van der Waals surface area contributed by atoms with Crippen LogP contribution in [0.25, 0.3) is 11.1 Å². The van der Waals surface area contributed by atoms with Crippen molar-refractivity contribution in [2.24, 2.45) is 0 Å². The third kappa shape index (κ3) is 4.27. The fraction of sp³-hybridized carbons (Fsp3) is 0.250. The van der Waals surface area contributed by atoms with Crippen LogP contribution in [0, 0.1) is 0 Å². The molecule has 1 atom stereocenters. The summed E-state index contributed by atoms with van der Waals surface area (Å²) in [6.45, 7) is 2.39. The largest absolute Gasteiger partial charge is 0.448 e. The van der Waals surface area contributed by atoms with E-state index in [2.05, 4.69) is 62.6 Å². The molecule has 5 nitrogen and oxygen atoms in total. The van der Waals surface area contributed by atoms with E-state index in [0.29, 0.717) is 19.7 Å². The molecule has 3 aromatic rings. The molecule has 1 unspecified atom stereocenters. The van der Waals surface area contributed by atoms with Crippen molar-refractivity contribution in [3.05, 3.63) is 88.2 Å². The van der Waals surface area contributed by atoms with Crippen molar-refractivity contribution in [2.75, 3.05) is 26.2 Å². The number of pyridine rings is 1. The molecule has 2 heterocycles. The average Bonchev–Trinajstić information content (AvgIpc) is 3.12. The summed E-state index contributed by atoms with van der Waals surface area (Å²) >= 11 is 3.37. The molecule has 2 aromatic carbocycles. The lowest BCUT2D eigenvalue weighted by Crippen LogP contribution is -2.49. The number of hydrogen-bond donors (Lipinski definition) is 1. The van der Waals surface area contributed by atoms with Gasteiger partial charge in [0, 0.05) is 31.7 Å². The van der Waals surface area contributed by atoms with Crippen molar-refractivity contribution in [1.82, 2.24) is 15.2 Å². The number of fused-ring (bicyclic) bond motifs is 3. The highest BCUT2D eigenvalue weighted by molar-refractivity contribution is 9.10. The summed E-state index contributed by atoms with van der Waals surface area (Å²) in [6.07, 6.45) is 1.54. The number of amides is 1. The van der Waals surface area contributed by atoms with E-state index in [1.807, 2.05) is 35.4 Å². The van der Waals surface area contributed by atoms with E-state index in [4.69, 9.17) is 4.74 Å². The minimum absolute atomic E-state index is 0. The number of hydrogen-bond acceptors (Lipinski definition) is 4. The van der Waals surface area contributed by atoms with Gasteiger partial charge in [-0.25, -0.2) is 9.78 Å². The smallest absolute Gasteiger partial charge is 0.410 e. The molecule has 160 valence electrons. The molecule has 0 spiro atoms. The highest BCUT2D eigenvalue weighted by atomic mass is 79.9. The molecule has 1 aliphatic carbocycles. The third-order valence-corrected chi connectivity index (χ3v) is 6.42. The average molecular weight is 545 g/mol. The molecule has 1 aliphatic heterocycles. The van der Waals surface area contributed by atoms with Gasteiger partial charge in [0.1, 0.15) is 11.2 Å². The Morgan fingerprint density at radius 2 is 1.74 bits per heavy atom. The highest BCUT2D eigenvalue weighted by Crippen LogP contribution is 2.44.